The summed E-state index contributed by atoms with van der Waals surface area (Å²) < 4.78 is 0. The van der Waals surface area contributed by atoms with E-state index in [1.54, 1.807) is 0 Å². The molecule has 0 fully saturated rings. The first kappa shape index (κ1) is 20.8. The Morgan fingerprint density at radius 2 is 1.19 bits per heavy atom. The van der Waals surface area contributed by atoms with Crippen LogP contribution in [0.15, 0.2) is 59.2 Å². The Morgan fingerprint density at radius 3 is 1.38 bits per heavy atom. The quantitative estimate of drug-likeness (QED) is 0.444. The summed E-state index contributed by atoms with van der Waals surface area (Å²) in [5, 5.41) is 0. The predicted molar refractivity (Wildman–Crippen MR) is 93.9 cm³/mol. The van der Waals surface area contributed by atoms with Crippen LogP contribution in [0.2, 0.25) is 0 Å². The standard InChI is InChI=1S/C10H15.C8H8.2ClH.Nb/c1-6-7(2)9(4)10(5)8(6)3;1-2-8-6-4-3-5-7-8;;;/h1-5H3;2-7H,1H2;2*1H;/q;;;;+2/p-2. The normalized spacial score (nSPS) is 14.0. The van der Waals surface area contributed by atoms with Gasteiger partial charge in [0.25, 0.3) is 0 Å². The molecule has 1 aliphatic carbocycles. The predicted octanol–water partition coefficient (Wildman–Crippen LogP) is 6.97. The van der Waals surface area contributed by atoms with E-state index in [2.05, 4.69) is 41.2 Å². The average molecular weight is 403 g/mol. The first-order valence-corrected chi connectivity index (χ1v) is 12.4. The van der Waals surface area contributed by atoms with Gasteiger partial charge in [0.2, 0.25) is 0 Å². The molecule has 0 unspecified atom stereocenters. The van der Waals surface area contributed by atoms with Crippen molar-refractivity contribution < 1.29 is 17.6 Å². The number of benzene rings is 1. The zero-order valence-corrected chi connectivity index (χ0v) is 17.1. The van der Waals surface area contributed by atoms with E-state index in [-0.39, 0.29) is 0 Å². The number of rotatable bonds is 1. The van der Waals surface area contributed by atoms with Crippen molar-refractivity contribution in [3.63, 3.8) is 0 Å². The summed E-state index contributed by atoms with van der Waals surface area (Å²) in [7, 11) is 9.83. The second-order valence-electron chi connectivity index (χ2n) is 4.80. The Bertz CT molecular complexity index is 477. The van der Waals surface area contributed by atoms with E-state index in [0.29, 0.717) is 0 Å². The van der Waals surface area contributed by atoms with Gasteiger partial charge in [-0.2, -0.15) is 0 Å². The Balaban J connectivity index is 0.000000327. The van der Waals surface area contributed by atoms with E-state index in [9.17, 15) is 0 Å². The zero-order chi connectivity index (χ0) is 16.4. The van der Waals surface area contributed by atoms with E-state index in [4.69, 9.17) is 18.4 Å². The van der Waals surface area contributed by atoms with E-state index in [0.717, 1.165) is 0 Å². The van der Waals surface area contributed by atoms with E-state index in [1.807, 2.05) is 36.4 Å². The molecule has 2 rings (SSSR count). The molecule has 21 heavy (non-hydrogen) atoms. The van der Waals surface area contributed by atoms with Gasteiger partial charge >= 0.3 is 36.0 Å². The van der Waals surface area contributed by atoms with Crippen molar-refractivity contribution in [1.82, 2.24) is 0 Å². The molecule has 1 aromatic rings. The van der Waals surface area contributed by atoms with Gasteiger partial charge in [-0.25, -0.2) is 0 Å². The number of allylic oxidation sites excluding steroid dienone is 4. The van der Waals surface area contributed by atoms with Crippen LogP contribution in [0.4, 0.5) is 0 Å². The second kappa shape index (κ2) is 11.3. The van der Waals surface area contributed by atoms with Crippen molar-refractivity contribution in [3.8, 4) is 0 Å². The summed E-state index contributed by atoms with van der Waals surface area (Å²) in [5.74, 6) is 1.47. The fraction of sp³-hybridized carbons (Fsp3) is 0.278. The molecule has 0 bridgehead atoms. The second-order valence-corrected chi connectivity index (χ2v) is 8.14. The third kappa shape index (κ3) is 7.04. The number of hydrogen-bond donors (Lipinski definition) is 0. The molecule has 0 aliphatic heterocycles. The van der Waals surface area contributed by atoms with Crippen LogP contribution in [0.5, 0.6) is 0 Å². The van der Waals surface area contributed by atoms with Gasteiger partial charge in [0.15, 0.2) is 0 Å². The molecule has 0 N–H and O–H groups in total. The third-order valence-electron chi connectivity index (χ3n) is 3.85. The number of halogens is 2. The molecule has 0 atom stereocenters. The van der Waals surface area contributed by atoms with Crippen molar-refractivity contribution in [2.75, 3.05) is 0 Å². The summed E-state index contributed by atoms with van der Waals surface area (Å²) in [4.78, 5) is 0. The maximum absolute atomic E-state index is 4.91. The summed E-state index contributed by atoms with van der Waals surface area (Å²) in [6.07, 6.45) is 1.83. The molecule has 0 aromatic heterocycles. The van der Waals surface area contributed by atoms with Crippen LogP contribution in [-0.2, 0) is 17.6 Å². The van der Waals surface area contributed by atoms with E-state index < -0.39 is 17.6 Å². The molecule has 3 heteroatoms. The Labute approximate surface area is 146 Å². The molecule has 114 valence electrons. The van der Waals surface area contributed by atoms with Crippen LogP contribution < -0.4 is 0 Å². The molecular weight excluding hydrogens is 380 g/mol. The van der Waals surface area contributed by atoms with Crippen LogP contribution in [0.3, 0.4) is 0 Å². The van der Waals surface area contributed by atoms with Gasteiger partial charge in [-0.3, -0.25) is 0 Å². The molecule has 0 spiro atoms. The van der Waals surface area contributed by atoms with E-state index in [1.165, 1.54) is 33.8 Å². The fourth-order valence-electron chi connectivity index (χ4n) is 2.00. The van der Waals surface area contributed by atoms with Crippen molar-refractivity contribution in [1.29, 1.82) is 0 Å². The fourth-order valence-corrected chi connectivity index (χ4v) is 2.00. The minimum absolute atomic E-state index is 0.706. The first-order chi connectivity index (χ1) is 9.90. The molecule has 1 radical (unpaired) electrons. The number of hydrogen-bond acceptors (Lipinski definition) is 0. The van der Waals surface area contributed by atoms with Crippen LogP contribution in [0.25, 0.3) is 6.08 Å². The van der Waals surface area contributed by atoms with Gasteiger partial charge in [0, 0.05) is 5.92 Å². The molecule has 0 amide bonds. The third-order valence-corrected chi connectivity index (χ3v) is 3.85. The van der Waals surface area contributed by atoms with Crippen molar-refractivity contribution in [2.24, 2.45) is 0 Å². The molecule has 1 aliphatic rings. The summed E-state index contributed by atoms with van der Waals surface area (Å²) in [6.45, 7) is 14.6. The van der Waals surface area contributed by atoms with Crippen molar-refractivity contribution >= 4 is 24.5 Å². The summed E-state index contributed by atoms with van der Waals surface area (Å²) in [6, 6.07) is 10.0. The van der Waals surface area contributed by atoms with E-state index >= 15 is 0 Å². The Kier molecular flexibility index (Phi) is 11.2. The Morgan fingerprint density at radius 1 is 0.810 bits per heavy atom. The maximum atomic E-state index is 4.91. The Hall–Kier alpha value is -0.240. The van der Waals surface area contributed by atoms with Crippen molar-refractivity contribution in [2.45, 2.75) is 34.6 Å². The summed E-state index contributed by atoms with van der Waals surface area (Å²) in [5.41, 5.74) is 7.04. The van der Waals surface area contributed by atoms with Crippen molar-refractivity contribution in [3.05, 3.63) is 70.7 Å². The summed E-state index contributed by atoms with van der Waals surface area (Å²) >= 11 is -0.706. The SMILES string of the molecule is C=Cc1ccccc1.C[C]1C(C)=C(C)C(C)=C1C.[Cl][Nb][Cl]. The molecule has 0 saturated carbocycles. The van der Waals surface area contributed by atoms with Gasteiger partial charge in [0.1, 0.15) is 0 Å². The molecule has 0 saturated heterocycles. The average Bonchev–Trinajstić information content (AvgIpc) is 2.68. The molecule has 1 aromatic carbocycles. The first-order valence-electron chi connectivity index (χ1n) is 6.70. The molecular formula is C18H23Cl2Nb. The van der Waals surface area contributed by atoms with Gasteiger partial charge in [-0.05, 0) is 44.4 Å². The molecule has 0 heterocycles. The minimum atomic E-state index is -0.706. The van der Waals surface area contributed by atoms with Crippen LogP contribution in [-0.4, -0.2) is 0 Å². The van der Waals surface area contributed by atoms with Crippen LogP contribution in [0, 0.1) is 5.92 Å². The zero-order valence-electron chi connectivity index (χ0n) is 13.4. The van der Waals surface area contributed by atoms with Gasteiger partial charge < -0.3 is 0 Å². The van der Waals surface area contributed by atoms with Gasteiger partial charge in [-0.15, -0.1) is 0 Å². The topological polar surface area (TPSA) is 0 Å². The monoisotopic (exact) mass is 402 g/mol. The van der Waals surface area contributed by atoms with Gasteiger partial charge in [0.05, 0.1) is 0 Å². The molecule has 0 nitrogen and oxygen atoms in total. The van der Waals surface area contributed by atoms with Crippen LogP contribution >= 0.6 is 18.4 Å². The van der Waals surface area contributed by atoms with Gasteiger partial charge in [-0.1, -0.05) is 61.1 Å². The van der Waals surface area contributed by atoms with Crippen LogP contribution in [0.1, 0.15) is 40.2 Å².